The lowest BCUT2D eigenvalue weighted by molar-refractivity contribution is -0.152. The van der Waals surface area contributed by atoms with Gasteiger partial charge in [0.05, 0.1) is 6.61 Å². The summed E-state index contributed by atoms with van der Waals surface area (Å²) in [6.07, 6.45) is -7.27. The van der Waals surface area contributed by atoms with Crippen molar-refractivity contribution in [1.82, 2.24) is 0 Å². The van der Waals surface area contributed by atoms with E-state index in [0.717, 1.165) is 0 Å². The molecule has 0 aromatic rings. The highest BCUT2D eigenvalue weighted by Gasteiger charge is 2.35. The minimum absolute atomic E-state index is 0.646. The molecule has 92 valence electrons. The molecule has 0 aromatic carbocycles. The van der Waals surface area contributed by atoms with Crippen molar-refractivity contribution in [1.29, 1.82) is 0 Å². The average Bonchev–Trinajstić information content (AvgIpc) is 2.32. The summed E-state index contributed by atoms with van der Waals surface area (Å²) in [5, 5.41) is 45.0. The van der Waals surface area contributed by atoms with Gasteiger partial charge < -0.3 is 25.5 Å². The molecule has 7 nitrogen and oxygen atoms in total. The largest absolute Gasteiger partial charge is 0.394 e. The number of Topliss-reactive ketones (excluding diaryl/α,β-unsaturated/α-hetero) is 1. The Balaban J connectivity index is 4.60. The van der Waals surface area contributed by atoms with Crippen molar-refractivity contribution in [2.75, 3.05) is 6.61 Å². The molecule has 0 rings (SSSR count). The fourth-order valence-electron chi connectivity index (χ4n) is 0.924. The first-order chi connectivity index (χ1) is 7.36. The Kier molecular flexibility index (Phi) is 6.01. The van der Waals surface area contributed by atoms with Gasteiger partial charge in [-0.15, -0.1) is 0 Å². The van der Waals surface area contributed by atoms with E-state index in [1.165, 1.54) is 0 Å². The Hall–Kier alpha value is -1.12. The molecule has 0 aliphatic carbocycles. The fourth-order valence-corrected chi connectivity index (χ4v) is 0.924. The third-order valence-corrected chi connectivity index (χ3v) is 1.95. The number of carbonyl (C=O) groups excluding carboxylic acids is 2. The van der Waals surface area contributed by atoms with Crippen LogP contribution in [0.15, 0.2) is 12.7 Å². The van der Waals surface area contributed by atoms with E-state index in [1.54, 1.807) is 0 Å². The van der Waals surface area contributed by atoms with Crippen molar-refractivity contribution in [2.45, 2.75) is 24.4 Å². The van der Waals surface area contributed by atoms with Gasteiger partial charge in [-0.3, -0.25) is 9.59 Å². The number of hydrogen-bond donors (Lipinski definition) is 5. The van der Waals surface area contributed by atoms with Crippen LogP contribution in [0.5, 0.6) is 0 Å². The monoisotopic (exact) mass is 234 g/mol. The van der Waals surface area contributed by atoms with Crippen molar-refractivity contribution in [3.05, 3.63) is 12.7 Å². The minimum atomic E-state index is -2.18. The number of allylic oxidation sites excluding steroid dienone is 1. The van der Waals surface area contributed by atoms with Gasteiger partial charge in [-0.25, -0.2) is 0 Å². The van der Waals surface area contributed by atoms with E-state index in [2.05, 4.69) is 6.58 Å². The van der Waals surface area contributed by atoms with Crippen LogP contribution in [0.25, 0.3) is 0 Å². The molecule has 16 heavy (non-hydrogen) atoms. The van der Waals surface area contributed by atoms with Crippen LogP contribution in [0.2, 0.25) is 0 Å². The first kappa shape index (κ1) is 14.9. The van der Waals surface area contributed by atoms with Crippen LogP contribution in [0.4, 0.5) is 0 Å². The van der Waals surface area contributed by atoms with Crippen LogP contribution in [-0.4, -0.2) is 68.1 Å². The maximum Gasteiger partial charge on any atom is 0.233 e. The Bertz CT molecular complexity index is 275. The summed E-state index contributed by atoms with van der Waals surface area (Å²) in [5.74, 6) is -2.48. The van der Waals surface area contributed by atoms with E-state index < -0.39 is 42.6 Å². The van der Waals surface area contributed by atoms with Gasteiger partial charge >= 0.3 is 0 Å². The molecular formula is C9H14O7. The lowest BCUT2D eigenvalue weighted by Gasteiger charge is -2.24. The van der Waals surface area contributed by atoms with Gasteiger partial charge in [0.2, 0.25) is 11.6 Å². The minimum Gasteiger partial charge on any atom is -0.394 e. The second kappa shape index (κ2) is 6.46. The van der Waals surface area contributed by atoms with Crippen molar-refractivity contribution in [3.63, 3.8) is 0 Å². The number of carbonyl (C=O) groups is 2. The molecule has 0 aliphatic heterocycles. The zero-order chi connectivity index (χ0) is 12.9. The lowest BCUT2D eigenvalue weighted by atomic mass is 9.98. The number of hydrogen-bond acceptors (Lipinski definition) is 7. The van der Waals surface area contributed by atoms with E-state index >= 15 is 0 Å². The maximum absolute atomic E-state index is 11.0. The molecule has 0 aliphatic rings. The quantitative estimate of drug-likeness (QED) is 0.230. The molecule has 0 spiro atoms. The summed E-state index contributed by atoms with van der Waals surface area (Å²) >= 11 is 0. The molecule has 0 bridgehead atoms. The molecule has 0 heterocycles. The summed E-state index contributed by atoms with van der Waals surface area (Å²) in [7, 11) is 0. The molecule has 0 radical (unpaired) electrons. The molecule has 0 aromatic heterocycles. The Morgan fingerprint density at radius 3 is 2.00 bits per heavy atom. The third kappa shape index (κ3) is 3.47. The van der Waals surface area contributed by atoms with Gasteiger partial charge in [0.15, 0.2) is 0 Å². The molecule has 0 saturated carbocycles. The van der Waals surface area contributed by atoms with Crippen molar-refractivity contribution >= 4 is 11.6 Å². The number of aliphatic hydroxyl groups excluding tert-OH is 5. The van der Waals surface area contributed by atoms with Gasteiger partial charge in [0, 0.05) is 0 Å². The van der Waals surface area contributed by atoms with Crippen LogP contribution in [0.3, 0.4) is 0 Å². The van der Waals surface area contributed by atoms with Crippen LogP contribution >= 0.6 is 0 Å². The highest BCUT2D eigenvalue weighted by Crippen LogP contribution is 2.06. The smallest absolute Gasteiger partial charge is 0.233 e. The zero-order valence-electron chi connectivity index (χ0n) is 8.35. The third-order valence-electron chi connectivity index (χ3n) is 1.95. The summed E-state index contributed by atoms with van der Waals surface area (Å²) in [4.78, 5) is 21.8. The first-order valence-corrected chi connectivity index (χ1v) is 4.40. The normalized spacial score (nSPS) is 18.3. The predicted molar refractivity (Wildman–Crippen MR) is 51.3 cm³/mol. The molecular weight excluding hydrogens is 220 g/mol. The molecule has 0 amide bonds. The van der Waals surface area contributed by atoms with Crippen molar-refractivity contribution in [2.24, 2.45) is 0 Å². The number of rotatable bonds is 7. The van der Waals surface area contributed by atoms with Crippen molar-refractivity contribution in [3.8, 4) is 0 Å². The summed E-state index contributed by atoms with van der Waals surface area (Å²) in [5.41, 5.74) is 0. The average molecular weight is 234 g/mol. The van der Waals surface area contributed by atoms with E-state index in [1.807, 2.05) is 0 Å². The van der Waals surface area contributed by atoms with Gasteiger partial charge in [0.1, 0.15) is 24.4 Å². The SMILES string of the molecule is C=CC(=O)C(=O)[C@@H](O)[C@@H](O)[C@H](O)[C@H](O)CO. The molecule has 7 heteroatoms. The van der Waals surface area contributed by atoms with Gasteiger partial charge in [-0.2, -0.15) is 0 Å². The predicted octanol–water partition coefficient (Wildman–Crippen LogP) is -3.25. The first-order valence-electron chi connectivity index (χ1n) is 4.40. The van der Waals surface area contributed by atoms with Gasteiger partial charge in [0.25, 0.3) is 0 Å². The van der Waals surface area contributed by atoms with E-state index in [-0.39, 0.29) is 0 Å². The van der Waals surface area contributed by atoms with Crippen molar-refractivity contribution < 1.29 is 35.1 Å². The molecule has 4 atom stereocenters. The topological polar surface area (TPSA) is 135 Å². The lowest BCUT2D eigenvalue weighted by Crippen LogP contribution is -2.49. The van der Waals surface area contributed by atoms with Gasteiger partial charge in [-0.1, -0.05) is 6.58 Å². The van der Waals surface area contributed by atoms with Crippen LogP contribution in [0.1, 0.15) is 0 Å². The number of aliphatic hydroxyl groups is 5. The Morgan fingerprint density at radius 2 is 1.62 bits per heavy atom. The van der Waals surface area contributed by atoms with Crippen LogP contribution in [0, 0.1) is 0 Å². The summed E-state index contributed by atoms with van der Waals surface area (Å²) in [6.45, 7) is 2.14. The fraction of sp³-hybridized carbons (Fsp3) is 0.556. The summed E-state index contributed by atoms with van der Waals surface area (Å²) < 4.78 is 0. The van der Waals surface area contributed by atoms with E-state index in [9.17, 15) is 19.8 Å². The Morgan fingerprint density at radius 1 is 1.12 bits per heavy atom. The Labute approximate surface area is 91.3 Å². The number of ketones is 2. The van der Waals surface area contributed by atoms with Gasteiger partial charge in [-0.05, 0) is 6.08 Å². The van der Waals surface area contributed by atoms with E-state index in [0.29, 0.717) is 6.08 Å². The highest BCUT2D eigenvalue weighted by atomic mass is 16.4. The molecule has 0 fully saturated rings. The summed E-state index contributed by atoms with van der Waals surface area (Å²) in [6, 6.07) is 0. The molecule has 0 saturated heterocycles. The van der Waals surface area contributed by atoms with Crippen LogP contribution in [-0.2, 0) is 9.59 Å². The second-order valence-electron chi connectivity index (χ2n) is 3.11. The second-order valence-corrected chi connectivity index (χ2v) is 3.11. The standard InChI is InChI=1S/C9H14O7/c1-2-4(11)6(13)8(15)9(16)7(14)5(12)3-10/h2,5,7-10,12,14-16H,1,3H2/t5-,7-,8-,9+/m1/s1. The molecule has 5 N–H and O–H groups in total. The maximum atomic E-state index is 11.0. The zero-order valence-corrected chi connectivity index (χ0v) is 8.35. The van der Waals surface area contributed by atoms with Crippen LogP contribution < -0.4 is 0 Å². The molecule has 0 unspecified atom stereocenters. The van der Waals surface area contributed by atoms with E-state index in [4.69, 9.17) is 15.3 Å². The highest BCUT2D eigenvalue weighted by molar-refractivity contribution is 6.43.